The molecule has 1 aromatic heterocycles. The molecule has 4 rings (SSSR count). The van der Waals surface area contributed by atoms with Crippen molar-refractivity contribution in [3.8, 4) is 0 Å². The van der Waals surface area contributed by atoms with Gasteiger partial charge in [-0.3, -0.25) is 4.79 Å². The van der Waals surface area contributed by atoms with E-state index < -0.39 is 16.1 Å². The van der Waals surface area contributed by atoms with Crippen molar-refractivity contribution < 1.29 is 17.6 Å². The number of nitrogens with one attached hydrogen (secondary N) is 1. The molecule has 0 saturated carbocycles. The van der Waals surface area contributed by atoms with Crippen molar-refractivity contribution in [1.82, 2.24) is 19.2 Å². The molecular weight excluding hydrogens is 455 g/mol. The number of imidazole rings is 1. The zero-order valence-electron chi connectivity index (χ0n) is 19.5. The van der Waals surface area contributed by atoms with Gasteiger partial charge in [0.05, 0.1) is 4.90 Å². The fraction of sp³-hybridized carbons (Fsp3) is 0.360. The molecular formula is C25H29FN4O3S. The number of carbonyl (C=O) groups is 1. The maximum absolute atomic E-state index is 13.5. The summed E-state index contributed by atoms with van der Waals surface area (Å²) in [5.41, 5.74) is 2.45. The highest BCUT2D eigenvalue weighted by molar-refractivity contribution is 7.89. The largest absolute Gasteiger partial charge is 0.342 e. The van der Waals surface area contributed by atoms with E-state index in [9.17, 15) is 17.6 Å². The summed E-state index contributed by atoms with van der Waals surface area (Å²) in [6, 6.07) is 10.8. The number of aromatic nitrogens is 2. The molecule has 34 heavy (non-hydrogen) atoms. The van der Waals surface area contributed by atoms with Crippen LogP contribution in [0.2, 0.25) is 0 Å². The fourth-order valence-electron chi connectivity index (χ4n) is 4.45. The standard InChI is InChI=1S/C25H29FN4O3S/c1-17-4-9-22(18(2)16-17)34(32,33)30-13-10-20(11-14-30)25(31)28-23(24-27-12-15-29(24)3)19-5-7-21(26)8-6-19/h4-9,12,15-16,20,23H,10-11,13-14H2,1-3H3,(H,28,31)/t23-/m0/s1. The second-order valence-electron chi connectivity index (χ2n) is 8.84. The topological polar surface area (TPSA) is 84.3 Å². The minimum atomic E-state index is -3.62. The molecule has 0 aliphatic carbocycles. The average molecular weight is 485 g/mol. The van der Waals surface area contributed by atoms with Crippen LogP contribution in [0.25, 0.3) is 0 Å². The number of halogens is 1. The van der Waals surface area contributed by atoms with E-state index >= 15 is 0 Å². The Bertz CT molecular complexity index is 1280. The molecule has 2 heterocycles. The molecule has 1 amide bonds. The highest BCUT2D eigenvalue weighted by atomic mass is 32.2. The van der Waals surface area contributed by atoms with Crippen LogP contribution in [-0.4, -0.2) is 41.3 Å². The van der Waals surface area contributed by atoms with Crippen molar-refractivity contribution >= 4 is 15.9 Å². The summed E-state index contributed by atoms with van der Waals surface area (Å²) in [4.78, 5) is 17.9. The highest BCUT2D eigenvalue weighted by Gasteiger charge is 2.34. The number of sulfonamides is 1. The maximum atomic E-state index is 13.5. The van der Waals surface area contributed by atoms with E-state index in [4.69, 9.17) is 0 Å². The van der Waals surface area contributed by atoms with Crippen LogP contribution < -0.4 is 5.32 Å². The molecule has 0 spiro atoms. The molecule has 0 bridgehead atoms. The molecule has 1 saturated heterocycles. The Morgan fingerprint density at radius 1 is 1.12 bits per heavy atom. The van der Waals surface area contributed by atoms with E-state index in [2.05, 4.69) is 10.3 Å². The molecule has 0 radical (unpaired) electrons. The van der Waals surface area contributed by atoms with Gasteiger partial charge in [-0.1, -0.05) is 29.8 Å². The zero-order chi connectivity index (χ0) is 24.5. The molecule has 0 unspecified atom stereocenters. The number of aryl methyl sites for hydroxylation is 3. The summed E-state index contributed by atoms with van der Waals surface area (Å²) in [7, 11) is -1.78. The van der Waals surface area contributed by atoms with E-state index in [0.717, 1.165) is 16.7 Å². The molecule has 1 fully saturated rings. The summed E-state index contributed by atoms with van der Waals surface area (Å²) in [5.74, 6) is -0.212. The van der Waals surface area contributed by atoms with Gasteiger partial charge in [-0.05, 0) is 56.0 Å². The number of amides is 1. The van der Waals surface area contributed by atoms with E-state index in [1.807, 2.05) is 24.6 Å². The van der Waals surface area contributed by atoms with Crippen LogP contribution in [0.5, 0.6) is 0 Å². The first-order chi connectivity index (χ1) is 16.2. The number of piperidine rings is 1. The Hall–Kier alpha value is -3.04. The Morgan fingerprint density at radius 2 is 1.79 bits per heavy atom. The summed E-state index contributed by atoms with van der Waals surface area (Å²) in [6.45, 7) is 4.28. The summed E-state index contributed by atoms with van der Waals surface area (Å²) in [6.07, 6.45) is 4.28. The Balaban J connectivity index is 1.47. The molecule has 3 aromatic rings. The Kier molecular flexibility index (Phi) is 6.86. The zero-order valence-corrected chi connectivity index (χ0v) is 20.3. The molecule has 1 aliphatic heterocycles. The lowest BCUT2D eigenvalue weighted by molar-refractivity contribution is -0.126. The highest BCUT2D eigenvalue weighted by Crippen LogP contribution is 2.28. The van der Waals surface area contributed by atoms with Gasteiger partial charge >= 0.3 is 0 Å². The Labute approximate surface area is 199 Å². The van der Waals surface area contributed by atoms with Gasteiger partial charge < -0.3 is 9.88 Å². The maximum Gasteiger partial charge on any atom is 0.243 e. The lowest BCUT2D eigenvalue weighted by Crippen LogP contribution is -2.44. The van der Waals surface area contributed by atoms with Crippen molar-refractivity contribution in [2.24, 2.45) is 13.0 Å². The second kappa shape index (κ2) is 9.68. The van der Waals surface area contributed by atoms with E-state index in [-0.39, 0.29) is 30.7 Å². The molecule has 2 aromatic carbocycles. The van der Waals surface area contributed by atoms with Crippen molar-refractivity contribution in [2.75, 3.05) is 13.1 Å². The number of rotatable bonds is 6. The normalized spacial score (nSPS) is 16.4. The minimum Gasteiger partial charge on any atom is -0.342 e. The second-order valence-corrected chi connectivity index (χ2v) is 10.7. The van der Waals surface area contributed by atoms with Gasteiger partial charge in [0.25, 0.3) is 0 Å². The van der Waals surface area contributed by atoms with Crippen LogP contribution in [0, 0.1) is 25.6 Å². The van der Waals surface area contributed by atoms with E-state index in [0.29, 0.717) is 23.6 Å². The van der Waals surface area contributed by atoms with Crippen LogP contribution in [0.15, 0.2) is 59.8 Å². The van der Waals surface area contributed by atoms with Gasteiger partial charge in [0.2, 0.25) is 15.9 Å². The molecule has 180 valence electrons. The van der Waals surface area contributed by atoms with Gasteiger partial charge in [0.1, 0.15) is 17.7 Å². The smallest absolute Gasteiger partial charge is 0.243 e. The molecule has 1 aliphatic rings. The van der Waals surface area contributed by atoms with Gasteiger partial charge in [0, 0.05) is 38.4 Å². The van der Waals surface area contributed by atoms with Crippen molar-refractivity contribution in [2.45, 2.75) is 37.6 Å². The third kappa shape index (κ3) is 4.90. The molecule has 1 atom stereocenters. The fourth-order valence-corrected chi connectivity index (χ4v) is 6.13. The molecule has 9 heteroatoms. The van der Waals surface area contributed by atoms with Crippen molar-refractivity contribution in [3.05, 3.63) is 83.2 Å². The predicted molar refractivity (Wildman–Crippen MR) is 127 cm³/mol. The first-order valence-electron chi connectivity index (χ1n) is 11.3. The predicted octanol–water partition coefficient (Wildman–Crippen LogP) is 3.48. The van der Waals surface area contributed by atoms with E-state index in [1.165, 1.54) is 16.4 Å². The van der Waals surface area contributed by atoms with E-state index in [1.54, 1.807) is 43.6 Å². The first kappa shape index (κ1) is 24.1. The lowest BCUT2D eigenvalue weighted by atomic mass is 9.96. The third-order valence-electron chi connectivity index (χ3n) is 6.38. The van der Waals surface area contributed by atoms with Crippen molar-refractivity contribution in [1.29, 1.82) is 0 Å². The number of hydrogen-bond acceptors (Lipinski definition) is 4. The van der Waals surface area contributed by atoms with Crippen LogP contribution in [0.1, 0.15) is 41.4 Å². The van der Waals surface area contributed by atoms with Crippen LogP contribution in [-0.2, 0) is 21.9 Å². The number of nitrogens with zero attached hydrogens (tertiary/aromatic N) is 3. The summed E-state index contributed by atoms with van der Waals surface area (Å²) in [5, 5.41) is 3.05. The van der Waals surface area contributed by atoms with Crippen LogP contribution in [0.3, 0.4) is 0 Å². The van der Waals surface area contributed by atoms with Gasteiger partial charge in [-0.2, -0.15) is 4.31 Å². The monoisotopic (exact) mass is 484 g/mol. The SMILES string of the molecule is Cc1ccc(S(=O)(=O)N2CCC(C(=O)N[C@@H](c3ccc(F)cc3)c3nccn3C)CC2)c(C)c1. The lowest BCUT2D eigenvalue weighted by Gasteiger charge is -2.32. The summed E-state index contributed by atoms with van der Waals surface area (Å²) < 4.78 is 43.1. The van der Waals surface area contributed by atoms with Gasteiger partial charge in [-0.25, -0.2) is 17.8 Å². The number of hydrogen-bond donors (Lipinski definition) is 1. The quantitative estimate of drug-likeness (QED) is 0.581. The van der Waals surface area contributed by atoms with Gasteiger partial charge in [0.15, 0.2) is 0 Å². The molecule has 7 nitrogen and oxygen atoms in total. The van der Waals surface area contributed by atoms with Crippen molar-refractivity contribution in [3.63, 3.8) is 0 Å². The average Bonchev–Trinajstić information content (AvgIpc) is 3.23. The summed E-state index contributed by atoms with van der Waals surface area (Å²) >= 11 is 0. The third-order valence-corrected chi connectivity index (χ3v) is 8.44. The molecule has 1 N–H and O–H groups in total. The van der Waals surface area contributed by atoms with Crippen LogP contribution in [0.4, 0.5) is 4.39 Å². The number of benzene rings is 2. The van der Waals surface area contributed by atoms with Crippen LogP contribution >= 0.6 is 0 Å². The van der Waals surface area contributed by atoms with Gasteiger partial charge in [-0.15, -0.1) is 0 Å². The number of carbonyl (C=O) groups excluding carboxylic acids is 1. The minimum absolute atomic E-state index is 0.166. The first-order valence-corrected chi connectivity index (χ1v) is 12.7. The Morgan fingerprint density at radius 3 is 2.38 bits per heavy atom.